The highest BCUT2D eigenvalue weighted by atomic mass is 16.3. The van der Waals surface area contributed by atoms with Crippen LogP contribution in [0.2, 0.25) is 0 Å². The SMILES string of the molecule is CCC(CN)Cc1nc2cc(C)cc(C)c2o1. The third-order valence-corrected chi connectivity index (χ3v) is 3.24. The summed E-state index contributed by atoms with van der Waals surface area (Å²) >= 11 is 0. The molecule has 0 amide bonds. The fraction of sp³-hybridized carbons (Fsp3) is 0.500. The fourth-order valence-electron chi connectivity index (χ4n) is 2.15. The van der Waals surface area contributed by atoms with Gasteiger partial charge in [-0.2, -0.15) is 0 Å². The molecule has 1 aromatic heterocycles. The van der Waals surface area contributed by atoms with Gasteiger partial charge < -0.3 is 10.2 Å². The summed E-state index contributed by atoms with van der Waals surface area (Å²) in [6.45, 7) is 6.98. The molecule has 0 aliphatic carbocycles. The van der Waals surface area contributed by atoms with Crippen LogP contribution in [0.25, 0.3) is 11.1 Å². The van der Waals surface area contributed by atoms with Gasteiger partial charge >= 0.3 is 0 Å². The Labute approximate surface area is 102 Å². The van der Waals surface area contributed by atoms with E-state index in [2.05, 4.69) is 37.9 Å². The molecule has 0 aliphatic heterocycles. The molecule has 92 valence electrons. The molecule has 0 spiro atoms. The number of aryl methyl sites for hydroxylation is 2. The summed E-state index contributed by atoms with van der Waals surface area (Å²) in [6, 6.07) is 4.19. The van der Waals surface area contributed by atoms with Crippen molar-refractivity contribution in [1.82, 2.24) is 4.98 Å². The monoisotopic (exact) mass is 232 g/mol. The van der Waals surface area contributed by atoms with Crippen molar-refractivity contribution in [2.75, 3.05) is 6.54 Å². The van der Waals surface area contributed by atoms with Crippen LogP contribution in [-0.4, -0.2) is 11.5 Å². The number of hydrogen-bond donors (Lipinski definition) is 1. The van der Waals surface area contributed by atoms with E-state index in [0.29, 0.717) is 12.5 Å². The van der Waals surface area contributed by atoms with Crippen LogP contribution in [-0.2, 0) is 6.42 Å². The van der Waals surface area contributed by atoms with Crippen LogP contribution in [0, 0.1) is 19.8 Å². The molecule has 17 heavy (non-hydrogen) atoms. The normalized spacial score (nSPS) is 13.2. The van der Waals surface area contributed by atoms with Crippen LogP contribution in [0.4, 0.5) is 0 Å². The topological polar surface area (TPSA) is 52.0 Å². The van der Waals surface area contributed by atoms with Crippen LogP contribution in [0.1, 0.15) is 30.4 Å². The molecule has 0 radical (unpaired) electrons. The summed E-state index contributed by atoms with van der Waals surface area (Å²) in [4.78, 5) is 4.55. The molecule has 0 saturated heterocycles. The van der Waals surface area contributed by atoms with Gasteiger partial charge in [-0.1, -0.05) is 19.4 Å². The molecule has 2 rings (SSSR count). The van der Waals surface area contributed by atoms with Crippen LogP contribution in [0.3, 0.4) is 0 Å². The number of nitrogens with two attached hydrogens (primary N) is 1. The Bertz CT molecular complexity index is 512. The molecular weight excluding hydrogens is 212 g/mol. The maximum Gasteiger partial charge on any atom is 0.195 e. The Morgan fingerprint density at radius 1 is 1.35 bits per heavy atom. The lowest BCUT2D eigenvalue weighted by Crippen LogP contribution is -2.15. The molecular formula is C14H20N2O. The van der Waals surface area contributed by atoms with E-state index in [4.69, 9.17) is 10.2 Å². The Kier molecular flexibility index (Phi) is 3.48. The van der Waals surface area contributed by atoms with Crippen molar-refractivity contribution in [3.8, 4) is 0 Å². The second-order valence-electron chi connectivity index (χ2n) is 4.75. The van der Waals surface area contributed by atoms with Crippen molar-refractivity contribution in [3.63, 3.8) is 0 Å². The van der Waals surface area contributed by atoms with Crippen molar-refractivity contribution < 1.29 is 4.42 Å². The summed E-state index contributed by atoms with van der Waals surface area (Å²) < 4.78 is 5.82. The van der Waals surface area contributed by atoms with Gasteiger partial charge in [-0.15, -0.1) is 0 Å². The van der Waals surface area contributed by atoms with Crippen LogP contribution in [0.5, 0.6) is 0 Å². The third kappa shape index (κ3) is 2.50. The molecule has 3 heteroatoms. The Morgan fingerprint density at radius 3 is 2.76 bits per heavy atom. The van der Waals surface area contributed by atoms with E-state index in [1.165, 1.54) is 5.56 Å². The molecule has 1 aromatic carbocycles. The minimum Gasteiger partial charge on any atom is -0.440 e. The molecule has 0 bridgehead atoms. The van der Waals surface area contributed by atoms with E-state index in [-0.39, 0.29) is 0 Å². The van der Waals surface area contributed by atoms with Crippen LogP contribution < -0.4 is 5.73 Å². The highest BCUT2D eigenvalue weighted by Gasteiger charge is 2.12. The van der Waals surface area contributed by atoms with Gasteiger partial charge in [0.1, 0.15) is 5.52 Å². The first kappa shape index (κ1) is 12.1. The van der Waals surface area contributed by atoms with Gasteiger partial charge in [0.25, 0.3) is 0 Å². The van der Waals surface area contributed by atoms with Crippen molar-refractivity contribution in [1.29, 1.82) is 0 Å². The minimum absolute atomic E-state index is 0.462. The van der Waals surface area contributed by atoms with Gasteiger partial charge in [-0.25, -0.2) is 4.98 Å². The molecule has 2 N–H and O–H groups in total. The molecule has 2 aromatic rings. The van der Waals surface area contributed by atoms with E-state index in [9.17, 15) is 0 Å². The lowest BCUT2D eigenvalue weighted by atomic mass is 10.0. The average Bonchev–Trinajstić information content (AvgIpc) is 2.68. The number of oxazole rings is 1. The second-order valence-corrected chi connectivity index (χ2v) is 4.75. The number of nitrogens with zero attached hydrogens (tertiary/aromatic N) is 1. The predicted octanol–water partition coefficient (Wildman–Crippen LogP) is 2.97. The zero-order valence-electron chi connectivity index (χ0n) is 10.8. The number of aromatic nitrogens is 1. The van der Waals surface area contributed by atoms with E-state index in [1.54, 1.807) is 0 Å². The first-order chi connectivity index (χ1) is 8.13. The van der Waals surface area contributed by atoms with Crippen LogP contribution in [0.15, 0.2) is 16.5 Å². The predicted molar refractivity (Wildman–Crippen MR) is 70.0 cm³/mol. The quantitative estimate of drug-likeness (QED) is 0.881. The number of hydrogen-bond acceptors (Lipinski definition) is 3. The fourth-order valence-corrected chi connectivity index (χ4v) is 2.15. The van der Waals surface area contributed by atoms with Crippen molar-refractivity contribution in [2.45, 2.75) is 33.6 Å². The molecule has 0 saturated carbocycles. The second kappa shape index (κ2) is 4.88. The largest absolute Gasteiger partial charge is 0.440 e. The third-order valence-electron chi connectivity index (χ3n) is 3.24. The molecule has 0 fully saturated rings. The smallest absolute Gasteiger partial charge is 0.195 e. The maximum absolute atomic E-state index is 5.82. The lowest BCUT2D eigenvalue weighted by Gasteiger charge is -2.07. The van der Waals surface area contributed by atoms with Gasteiger partial charge in [0.05, 0.1) is 0 Å². The highest BCUT2D eigenvalue weighted by Crippen LogP contribution is 2.23. The summed E-state index contributed by atoms with van der Waals surface area (Å²) in [5.41, 5.74) is 9.96. The van der Waals surface area contributed by atoms with Gasteiger partial charge in [0.15, 0.2) is 11.5 Å². The molecule has 3 nitrogen and oxygen atoms in total. The van der Waals surface area contributed by atoms with Gasteiger partial charge in [-0.05, 0) is 43.5 Å². The van der Waals surface area contributed by atoms with E-state index in [1.807, 2.05) is 0 Å². The van der Waals surface area contributed by atoms with Crippen molar-refractivity contribution in [2.24, 2.45) is 11.7 Å². The van der Waals surface area contributed by atoms with Crippen LogP contribution >= 0.6 is 0 Å². The number of fused-ring (bicyclic) bond motifs is 1. The molecule has 1 heterocycles. The minimum atomic E-state index is 0.462. The van der Waals surface area contributed by atoms with E-state index >= 15 is 0 Å². The van der Waals surface area contributed by atoms with E-state index < -0.39 is 0 Å². The first-order valence-corrected chi connectivity index (χ1v) is 6.20. The highest BCUT2D eigenvalue weighted by molar-refractivity contribution is 5.77. The maximum atomic E-state index is 5.82. The summed E-state index contributed by atoms with van der Waals surface area (Å²) in [7, 11) is 0. The zero-order valence-corrected chi connectivity index (χ0v) is 10.8. The van der Waals surface area contributed by atoms with Gasteiger partial charge in [-0.3, -0.25) is 0 Å². The van der Waals surface area contributed by atoms with Gasteiger partial charge in [0.2, 0.25) is 0 Å². The Hall–Kier alpha value is -1.35. The summed E-state index contributed by atoms with van der Waals surface area (Å²) in [5, 5.41) is 0. The Morgan fingerprint density at radius 2 is 2.12 bits per heavy atom. The molecule has 1 atom stereocenters. The molecule has 1 unspecified atom stereocenters. The number of benzene rings is 1. The zero-order chi connectivity index (χ0) is 12.4. The number of rotatable bonds is 4. The summed E-state index contributed by atoms with van der Waals surface area (Å²) in [5.74, 6) is 1.27. The van der Waals surface area contributed by atoms with Crippen molar-refractivity contribution >= 4 is 11.1 Å². The van der Waals surface area contributed by atoms with Crippen molar-refractivity contribution in [3.05, 3.63) is 29.2 Å². The molecule has 0 aliphatic rings. The van der Waals surface area contributed by atoms with E-state index in [0.717, 1.165) is 35.4 Å². The standard InChI is InChI=1S/C14H20N2O/c1-4-11(8-15)7-13-16-12-6-9(2)5-10(3)14(12)17-13/h5-6,11H,4,7-8,15H2,1-3H3. The first-order valence-electron chi connectivity index (χ1n) is 6.20. The average molecular weight is 232 g/mol. The lowest BCUT2D eigenvalue weighted by molar-refractivity contribution is 0.437. The van der Waals surface area contributed by atoms with Gasteiger partial charge in [0, 0.05) is 6.42 Å². The summed E-state index contributed by atoms with van der Waals surface area (Å²) in [6.07, 6.45) is 1.90. The Balaban J connectivity index is 2.34.